The lowest BCUT2D eigenvalue weighted by molar-refractivity contribution is 0.183. The molecular formula is C12H24N2O4S. The van der Waals surface area contributed by atoms with Gasteiger partial charge in [0, 0.05) is 29.6 Å². The fourth-order valence-electron chi connectivity index (χ4n) is 2.99. The second-order valence-corrected chi connectivity index (χ2v) is 8.07. The number of rotatable bonds is 3. The maximum absolute atomic E-state index is 10.6. The van der Waals surface area contributed by atoms with Crippen LogP contribution in [0, 0.1) is 0 Å². The van der Waals surface area contributed by atoms with Crippen molar-refractivity contribution in [1.29, 1.82) is 0 Å². The second-order valence-electron chi connectivity index (χ2n) is 5.65. The SMILES string of the molecule is O=C(O)NC1CCC(NC2CCS(O)(O)CC2)CC1. The molecule has 5 N–H and O–H groups in total. The molecule has 1 amide bonds. The summed E-state index contributed by atoms with van der Waals surface area (Å²) in [6.07, 6.45) is 4.45. The molecule has 0 atom stereocenters. The summed E-state index contributed by atoms with van der Waals surface area (Å²) in [5, 5.41) is 14.8. The molecule has 0 aromatic rings. The van der Waals surface area contributed by atoms with E-state index in [2.05, 4.69) is 10.6 Å². The molecule has 7 heteroatoms. The van der Waals surface area contributed by atoms with Crippen molar-refractivity contribution in [3.8, 4) is 0 Å². The molecule has 2 fully saturated rings. The molecule has 0 unspecified atom stereocenters. The number of carboxylic acid groups (broad SMARTS) is 1. The molecule has 19 heavy (non-hydrogen) atoms. The van der Waals surface area contributed by atoms with Crippen LogP contribution < -0.4 is 10.6 Å². The van der Waals surface area contributed by atoms with Crippen LogP contribution in [0.1, 0.15) is 38.5 Å². The average molecular weight is 292 g/mol. The lowest BCUT2D eigenvalue weighted by Crippen LogP contribution is -2.46. The van der Waals surface area contributed by atoms with Crippen LogP contribution in [-0.4, -0.2) is 49.9 Å². The van der Waals surface area contributed by atoms with Crippen molar-refractivity contribution in [2.24, 2.45) is 0 Å². The minimum Gasteiger partial charge on any atom is -0.465 e. The van der Waals surface area contributed by atoms with E-state index >= 15 is 0 Å². The van der Waals surface area contributed by atoms with E-state index in [-0.39, 0.29) is 6.04 Å². The standard InChI is InChI=1S/C12H24N2O4S/c15-12(16)14-10-3-1-9(2-4-10)13-11-5-7-19(17,18)8-6-11/h9-11,13-14,17-18H,1-8H2,(H,15,16). The molecule has 112 valence electrons. The summed E-state index contributed by atoms with van der Waals surface area (Å²) in [5.41, 5.74) is 0. The zero-order chi connectivity index (χ0) is 13.9. The third kappa shape index (κ3) is 4.83. The Balaban J connectivity index is 1.67. The molecule has 1 aliphatic carbocycles. The highest BCUT2D eigenvalue weighted by molar-refractivity contribution is 8.24. The Kier molecular flexibility index (Phi) is 4.94. The maximum Gasteiger partial charge on any atom is 0.404 e. The van der Waals surface area contributed by atoms with Crippen molar-refractivity contribution in [1.82, 2.24) is 10.6 Å². The molecule has 2 aliphatic rings. The van der Waals surface area contributed by atoms with Crippen LogP contribution in [0.5, 0.6) is 0 Å². The van der Waals surface area contributed by atoms with Crippen molar-refractivity contribution < 1.29 is 19.0 Å². The van der Waals surface area contributed by atoms with E-state index in [9.17, 15) is 13.9 Å². The fraction of sp³-hybridized carbons (Fsp3) is 0.917. The monoisotopic (exact) mass is 292 g/mol. The molecule has 1 saturated heterocycles. The summed E-state index contributed by atoms with van der Waals surface area (Å²) >= 11 is 0. The Morgan fingerprint density at radius 1 is 0.895 bits per heavy atom. The first kappa shape index (κ1) is 14.9. The molecule has 0 bridgehead atoms. The Morgan fingerprint density at radius 2 is 1.37 bits per heavy atom. The first-order valence-electron chi connectivity index (χ1n) is 6.94. The van der Waals surface area contributed by atoms with Crippen molar-refractivity contribution in [3.05, 3.63) is 0 Å². The van der Waals surface area contributed by atoms with Gasteiger partial charge in [0.05, 0.1) is 0 Å². The van der Waals surface area contributed by atoms with Gasteiger partial charge in [-0.25, -0.2) is 4.79 Å². The van der Waals surface area contributed by atoms with Gasteiger partial charge in [0.1, 0.15) is 0 Å². The van der Waals surface area contributed by atoms with E-state index in [1.165, 1.54) is 0 Å². The van der Waals surface area contributed by atoms with Crippen molar-refractivity contribution >= 4 is 16.7 Å². The van der Waals surface area contributed by atoms with Crippen LogP contribution in [0.25, 0.3) is 0 Å². The molecule has 6 nitrogen and oxygen atoms in total. The third-order valence-electron chi connectivity index (χ3n) is 4.11. The lowest BCUT2D eigenvalue weighted by atomic mass is 9.90. The summed E-state index contributed by atoms with van der Waals surface area (Å²) < 4.78 is 19.1. The van der Waals surface area contributed by atoms with Gasteiger partial charge in [0.15, 0.2) is 0 Å². The van der Waals surface area contributed by atoms with Gasteiger partial charge in [0.2, 0.25) is 0 Å². The van der Waals surface area contributed by atoms with Crippen molar-refractivity contribution in [2.75, 3.05) is 11.5 Å². The first-order chi connectivity index (χ1) is 8.94. The van der Waals surface area contributed by atoms with E-state index in [0.29, 0.717) is 23.6 Å². The highest BCUT2D eigenvalue weighted by Crippen LogP contribution is 2.44. The maximum atomic E-state index is 10.6. The second kappa shape index (κ2) is 6.30. The average Bonchev–Trinajstić information content (AvgIpc) is 2.34. The van der Waals surface area contributed by atoms with Crippen LogP contribution in [0.2, 0.25) is 0 Å². The lowest BCUT2D eigenvalue weighted by Gasteiger charge is -2.41. The van der Waals surface area contributed by atoms with Gasteiger partial charge < -0.3 is 15.7 Å². The van der Waals surface area contributed by atoms with E-state index in [4.69, 9.17) is 5.11 Å². The fourth-order valence-corrected chi connectivity index (χ4v) is 4.52. The Hall–Kier alpha value is -0.500. The first-order valence-corrected chi connectivity index (χ1v) is 8.82. The zero-order valence-electron chi connectivity index (χ0n) is 11.0. The summed E-state index contributed by atoms with van der Waals surface area (Å²) in [4.78, 5) is 10.6. The van der Waals surface area contributed by atoms with Gasteiger partial charge in [0.25, 0.3) is 0 Å². The smallest absolute Gasteiger partial charge is 0.404 e. The largest absolute Gasteiger partial charge is 0.465 e. The van der Waals surface area contributed by atoms with Crippen LogP contribution >= 0.6 is 10.6 Å². The molecule has 1 aliphatic heterocycles. The van der Waals surface area contributed by atoms with E-state index < -0.39 is 16.7 Å². The number of carbonyl (C=O) groups is 1. The minimum atomic E-state index is -2.29. The Bertz CT molecular complexity index is 309. The summed E-state index contributed by atoms with van der Waals surface area (Å²) in [7, 11) is -2.29. The van der Waals surface area contributed by atoms with Gasteiger partial charge in [-0.3, -0.25) is 9.11 Å². The molecule has 0 aromatic carbocycles. The molecule has 2 rings (SSSR count). The van der Waals surface area contributed by atoms with Gasteiger partial charge in [-0.2, -0.15) is 10.6 Å². The van der Waals surface area contributed by atoms with Crippen LogP contribution in [0.15, 0.2) is 0 Å². The highest BCUT2D eigenvalue weighted by atomic mass is 32.3. The van der Waals surface area contributed by atoms with Crippen molar-refractivity contribution in [3.63, 3.8) is 0 Å². The summed E-state index contributed by atoms with van der Waals surface area (Å²) in [6, 6.07) is 0.916. The van der Waals surface area contributed by atoms with Gasteiger partial charge in [-0.1, -0.05) is 0 Å². The number of hydrogen-bond acceptors (Lipinski definition) is 4. The van der Waals surface area contributed by atoms with Gasteiger partial charge in [-0.15, -0.1) is 0 Å². The predicted molar refractivity (Wildman–Crippen MR) is 75.9 cm³/mol. The molecule has 0 spiro atoms. The van der Waals surface area contributed by atoms with Crippen LogP contribution in [-0.2, 0) is 0 Å². The number of hydrogen-bond donors (Lipinski definition) is 5. The summed E-state index contributed by atoms with van der Waals surface area (Å²) in [5.74, 6) is 1.03. The Labute approximate surface area is 115 Å². The topological polar surface area (TPSA) is 102 Å². The van der Waals surface area contributed by atoms with Gasteiger partial charge in [-0.05, 0) is 38.5 Å². The van der Waals surface area contributed by atoms with E-state index in [1.807, 2.05) is 0 Å². The van der Waals surface area contributed by atoms with Crippen LogP contribution in [0.3, 0.4) is 0 Å². The van der Waals surface area contributed by atoms with E-state index in [0.717, 1.165) is 38.5 Å². The number of amides is 1. The highest BCUT2D eigenvalue weighted by Gasteiger charge is 2.28. The number of nitrogens with one attached hydrogen (secondary N) is 2. The predicted octanol–water partition coefficient (Wildman–Crippen LogP) is 2.07. The molecular weight excluding hydrogens is 268 g/mol. The molecule has 0 aromatic heterocycles. The zero-order valence-corrected chi connectivity index (χ0v) is 11.9. The van der Waals surface area contributed by atoms with Crippen LogP contribution in [0.4, 0.5) is 4.79 Å². The quantitative estimate of drug-likeness (QED) is 0.548. The third-order valence-corrected chi connectivity index (χ3v) is 5.89. The Morgan fingerprint density at radius 3 is 1.89 bits per heavy atom. The molecule has 0 radical (unpaired) electrons. The molecule has 1 saturated carbocycles. The van der Waals surface area contributed by atoms with E-state index in [1.54, 1.807) is 0 Å². The van der Waals surface area contributed by atoms with Crippen molar-refractivity contribution in [2.45, 2.75) is 56.7 Å². The molecule has 1 heterocycles. The minimum absolute atomic E-state index is 0.0916. The van der Waals surface area contributed by atoms with Gasteiger partial charge >= 0.3 is 6.09 Å². The summed E-state index contributed by atoms with van der Waals surface area (Å²) in [6.45, 7) is 0. The normalized spacial score (nSPS) is 33.6.